The van der Waals surface area contributed by atoms with Crippen molar-refractivity contribution in [2.75, 3.05) is 5.75 Å². The summed E-state index contributed by atoms with van der Waals surface area (Å²) >= 11 is 0. The fraction of sp³-hybridized carbons (Fsp3) is 0.500. The summed E-state index contributed by atoms with van der Waals surface area (Å²) in [5.74, 6) is 0.562. The lowest BCUT2D eigenvalue weighted by molar-refractivity contribution is 0.472. The molecular weight excluding hydrogens is 224 g/mol. The second kappa shape index (κ2) is 3.48. The Hall–Kier alpha value is -1.03. The molecule has 1 aliphatic rings. The van der Waals surface area contributed by atoms with Gasteiger partial charge in [0.25, 0.3) is 0 Å². The first-order valence-electron chi connectivity index (χ1n) is 5.33. The molecule has 0 saturated heterocycles. The van der Waals surface area contributed by atoms with Crippen LogP contribution in [0.3, 0.4) is 0 Å². The highest BCUT2D eigenvalue weighted by Crippen LogP contribution is 2.31. The van der Waals surface area contributed by atoms with Crippen LogP contribution in [0.2, 0.25) is 0 Å². The van der Waals surface area contributed by atoms with Crippen molar-refractivity contribution in [2.45, 2.75) is 32.6 Å². The molecule has 16 heavy (non-hydrogen) atoms. The van der Waals surface area contributed by atoms with Crippen LogP contribution in [0, 0.1) is 0 Å². The SMILES string of the molecule is CC(C)(C)c1ccc2c(c1)CCS(=O)(=O)O2. The second-order valence-electron chi connectivity index (χ2n) is 5.17. The molecule has 0 spiro atoms. The maximum atomic E-state index is 11.3. The molecule has 3 nitrogen and oxygen atoms in total. The summed E-state index contributed by atoms with van der Waals surface area (Å²) in [4.78, 5) is 0. The molecule has 1 aliphatic heterocycles. The number of rotatable bonds is 0. The first kappa shape index (κ1) is 11.5. The average molecular weight is 240 g/mol. The fourth-order valence-electron chi connectivity index (χ4n) is 1.74. The van der Waals surface area contributed by atoms with Crippen molar-refractivity contribution in [1.29, 1.82) is 0 Å². The Morgan fingerprint density at radius 3 is 2.56 bits per heavy atom. The smallest absolute Gasteiger partial charge is 0.309 e. The van der Waals surface area contributed by atoms with E-state index < -0.39 is 10.1 Å². The van der Waals surface area contributed by atoms with Crippen LogP contribution in [0.15, 0.2) is 18.2 Å². The molecule has 4 heteroatoms. The molecule has 1 aromatic carbocycles. The predicted octanol–water partition coefficient (Wildman–Crippen LogP) is 2.25. The molecule has 0 aliphatic carbocycles. The van der Waals surface area contributed by atoms with Crippen molar-refractivity contribution in [3.8, 4) is 5.75 Å². The van der Waals surface area contributed by atoms with E-state index >= 15 is 0 Å². The molecule has 0 fully saturated rings. The lowest BCUT2D eigenvalue weighted by Gasteiger charge is -2.23. The minimum atomic E-state index is -3.34. The van der Waals surface area contributed by atoms with Gasteiger partial charge in [-0.25, -0.2) is 0 Å². The summed E-state index contributed by atoms with van der Waals surface area (Å²) in [7, 11) is -3.34. The third kappa shape index (κ3) is 2.21. The normalized spacial score (nSPS) is 18.7. The van der Waals surface area contributed by atoms with Gasteiger partial charge in [-0.3, -0.25) is 0 Å². The topological polar surface area (TPSA) is 43.4 Å². The number of fused-ring (bicyclic) bond motifs is 1. The van der Waals surface area contributed by atoms with Gasteiger partial charge in [-0.15, -0.1) is 0 Å². The van der Waals surface area contributed by atoms with Crippen molar-refractivity contribution < 1.29 is 12.6 Å². The average Bonchev–Trinajstić information content (AvgIpc) is 2.14. The number of hydrogen-bond acceptors (Lipinski definition) is 3. The summed E-state index contributed by atoms with van der Waals surface area (Å²) in [5, 5.41) is 0. The van der Waals surface area contributed by atoms with Gasteiger partial charge < -0.3 is 4.18 Å². The molecule has 0 N–H and O–H groups in total. The van der Waals surface area contributed by atoms with E-state index in [0.29, 0.717) is 12.2 Å². The lowest BCUT2D eigenvalue weighted by atomic mass is 9.86. The van der Waals surface area contributed by atoms with Crippen LogP contribution in [0.25, 0.3) is 0 Å². The van der Waals surface area contributed by atoms with E-state index in [1.54, 1.807) is 6.07 Å². The Balaban J connectivity index is 2.43. The molecule has 0 amide bonds. The van der Waals surface area contributed by atoms with Crippen LogP contribution >= 0.6 is 0 Å². The summed E-state index contributed by atoms with van der Waals surface area (Å²) in [5.41, 5.74) is 2.27. The van der Waals surface area contributed by atoms with Gasteiger partial charge in [0.05, 0.1) is 5.75 Å². The van der Waals surface area contributed by atoms with Gasteiger partial charge in [0.2, 0.25) is 0 Å². The summed E-state index contributed by atoms with van der Waals surface area (Å²) in [6.45, 7) is 6.40. The quantitative estimate of drug-likeness (QED) is 0.653. The zero-order valence-corrected chi connectivity index (χ0v) is 10.6. The highest BCUT2D eigenvalue weighted by atomic mass is 32.2. The monoisotopic (exact) mass is 240 g/mol. The van der Waals surface area contributed by atoms with Gasteiger partial charge in [-0.1, -0.05) is 32.9 Å². The summed E-state index contributed by atoms with van der Waals surface area (Å²) in [6.07, 6.45) is 0.543. The molecule has 88 valence electrons. The predicted molar refractivity (Wildman–Crippen MR) is 63.3 cm³/mol. The molecule has 0 radical (unpaired) electrons. The van der Waals surface area contributed by atoms with Gasteiger partial charge in [-0.05, 0) is 29.0 Å². The van der Waals surface area contributed by atoms with Crippen LogP contribution < -0.4 is 4.18 Å². The summed E-state index contributed by atoms with van der Waals surface area (Å²) in [6, 6.07) is 5.73. The molecule has 0 bridgehead atoms. The zero-order valence-electron chi connectivity index (χ0n) is 9.78. The van der Waals surface area contributed by atoms with Crippen LogP contribution in [-0.2, 0) is 22.0 Å². The van der Waals surface area contributed by atoms with Crippen LogP contribution in [0.4, 0.5) is 0 Å². The zero-order chi connectivity index (χ0) is 12.0. The van der Waals surface area contributed by atoms with Crippen molar-refractivity contribution in [3.05, 3.63) is 29.3 Å². The Morgan fingerprint density at radius 2 is 1.94 bits per heavy atom. The fourth-order valence-corrected chi connectivity index (χ4v) is 2.73. The minimum Gasteiger partial charge on any atom is -0.382 e. The lowest BCUT2D eigenvalue weighted by Crippen LogP contribution is -2.22. The Kier molecular flexibility index (Phi) is 2.49. The van der Waals surface area contributed by atoms with Gasteiger partial charge in [0, 0.05) is 0 Å². The maximum absolute atomic E-state index is 11.3. The summed E-state index contributed by atoms with van der Waals surface area (Å²) < 4.78 is 27.5. The standard InChI is InChI=1S/C12H16O3S/c1-12(2,3)10-4-5-11-9(8-10)6-7-16(13,14)15-11/h4-5,8H,6-7H2,1-3H3. The van der Waals surface area contributed by atoms with Gasteiger partial charge in [0.15, 0.2) is 0 Å². The van der Waals surface area contributed by atoms with Crippen LogP contribution in [0.1, 0.15) is 31.9 Å². The van der Waals surface area contributed by atoms with Gasteiger partial charge >= 0.3 is 10.1 Å². The van der Waals surface area contributed by atoms with E-state index in [4.69, 9.17) is 4.18 Å². The Morgan fingerprint density at radius 1 is 1.25 bits per heavy atom. The highest BCUT2D eigenvalue weighted by Gasteiger charge is 2.24. The van der Waals surface area contributed by atoms with E-state index in [9.17, 15) is 8.42 Å². The van der Waals surface area contributed by atoms with Crippen LogP contribution in [0.5, 0.6) is 5.75 Å². The van der Waals surface area contributed by atoms with Crippen LogP contribution in [-0.4, -0.2) is 14.2 Å². The molecule has 2 rings (SSSR count). The molecule has 1 heterocycles. The molecule has 0 saturated carbocycles. The van der Waals surface area contributed by atoms with E-state index in [0.717, 1.165) is 5.56 Å². The Labute approximate surface area is 96.6 Å². The van der Waals surface area contributed by atoms with E-state index in [1.165, 1.54) is 5.56 Å². The number of aryl methyl sites for hydroxylation is 1. The van der Waals surface area contributed by atoms with E-state index in [1.807, 2.05) is 12.1 Å². The number of hydrogen-bond donors (Lipinski definition) is 0. The van der Waals surface area contributed by atoms with Crippen molar-refractivity contribution in [1.82, 2.24) is 0 Å². The van der Waals surface area contributed by atoms with Gasteiger partial charge in [-0.2, -0.15) is 8.42 Å². The minimum absolute atomic E-state index is 0.0748. The second-order valence-corrected chi connectivity index (χ2v) is 6.86. The van der Waals surface area contributed by atoms with Crippen molar-refractivity contribution in [2.24, 2.45) is 0 Å². The third-order valence-electron chi connectivity index (χ3n) is 2.76. The van der Waals surface area contributed by atoms with E-state index in [-0.39, 0.29) is 11.2 Å². The molecule has 0 unspecified atom stereocenters. The first-order valence-corrected chi connectivity index (χ1v) is 6.91. The largest absolute Gasteiger partial charge is 0.382 e. The number of benzene rings is 1. The van der Waals surface area contributed by atoms with Crippen molar-refractivity contribution in [3.63, 3.8) is 0 Å². The van der Waals surface area contributed by atoms with E-state index in [2.05, 4.69) is 20.8 Å². The first-order chi connectivity index (χ1) is 7.28. The van der Waals surface area contributed by atoms with Crippen molar-refractivity contribution >= 4 is 10.1 Å². The molecule has 1 aromatic rings. The molecule has 0 aromatic heterocycles. The molecular formula is C12H16O3S. The maximum Gasteiger partial charge on any atom is 0.309 e. The third-order valence-corrected chi connectivity index (χ3v) is 3.90. The van der Waals surface area contributed by atoms with Gasteiger partial charge in [0.1, 0.15) is 5.75 Å². The molecule has 0 atom stereocenters. The Bertz CT molecular complexity index is 510. The highest BCUT2D eigenvalue weighted by molar-refractivity contribution is 7.87.